The Morgan fingerprint density at radius 1 is 1.12 bits per heavy atom. The number of rotatable bonds is 10. The second-order valence-electron chi connectivity index (χ2n) is 6.67. The third kappa shape index (κ3) is 7.91. The molecule has 2 rings (SSSR count). The fourth-order valence-corrected chi connectivity index (χ4v) is 2.73. The molecule has 0 bridgehead atoms. The van der Waals surface area contributed by atoms with Gasteiger partial charge in [-0.15, -0.1) is 0 Å². The van der Waals surface area contributed by atoms with Crippen LogP contribution >= 0.6 is 11.6 Å². The summed E-state index contributed by atoms with van der Waals surface area (Å²) >= 11 is 5.76. The third-order valence-corrected chi connectivity index (χ3v) is 4.56. The summed E-state index contributed by atoms with van der Waals surface area (Å²) in [7, 11) is 1.34. The van der Waals surface area contributed by atoms with E-state index >= 15 is 0 Å². The number of guanidine groups is 1. The number of unbranched alkanes of at least 4 members (excludes halogenated alkanes) is 1. The van der Waals surface area contributed by atoms with Crippen LogP contribution in [0.2, 0.25) is 5.15 Å². The van der Waals surface area contributed by atoms with Gasteiger partial charge in [0, 0.05) is 6.54 Å². The molecule has 32 heavy (non-hydrogen) atoms. The topological polar surface area (TPSA) is 178 Å². The highest BCUT2D eigenvalue weighted by Crippen LogP contribution is 2.17. The molecule has 0 fully saturated rings. The minimum atomic E-state index is -0.705. The highest BCUT2D eigenvalue weighted by Gasteiger charge is 2.16. The Labute approximate surface area is 190 Å². The molecule has 0 saturated carbocycles. The first-order valence-corrected chi connectivity index (χ1v) is 10.2. The number of amides is 1. The maximum Gasteiger partial charge on any atom is 0.308 e. The van der Waals surface area contributed by atoms with E-state index in [2.05, 4.69) is 25.3 Å². The molecule has 0 radical (unpaired) electrons. The summed E-state index contributed by atoms with van der Waals surface area (Å²) in [6, 6.07) is 7.64. The Kier molecular flexibility index (Phi) is 9.48. The van der Waals surface area contributed by atoms with E-state index in [0.717, 1.165) is 24.8 Å². The summed E-state index contributed by atoms with van der Waals surface area (Å²) in [4.78, 5) is 30.7. The number of nitrogens with zero attached hydrogens (tertiary/aromatic N) is 2. The molecule has 0 aliphatic carbocycles. The van der Waals surface area contributed by atoms with Gasteiger partial charge in [-0.25, -0.2) is 9.97 Å². The summed E-state index contributed by atoms with van der Waals surface area (Å²) in [5, 5.41) is 12.8. The Morgan fingerprint density at radius 3 is 2.53 bits per heavy atom. The third-order valence-electron chi connectivity index (χ3n) is 4.28. The smallest absolute Gasteiger partial charge is 0.308 e. The van der Waals surface area contributed by atoms with Gasteiger partial charge in [0.15, 0.2) is 28.4 Å². The lowest BCUT2D eigenvalue weighted by Gasteiger charge is -2.10. The molecule has 1 aromatic heterocycles. The lowest BCUT2D eigenvalue weighted by Crippen LogP contribution is -2.41. The fourth-order valence-electron chi connectivity index (χ4n) is 2.60. The van der Waals surface area contributed by atoms with E-state index in [1.165, 1.54) is 7.11 Å². The first-order chi connectivity index (χ1) is 15.3. The summed E-state index contributed by atoms with van der Waals surface area (Å²) in [6.07, 6.45) is 2.71. The maximum atomic E-state index is 12.1. The summed E-state index contributed by atoms with van der Waals surface area (Å²) < 4.78 is 10.0. The molecule has 0 unspecified atom stereocenters. The molecule has 0 atom stereocenters. The lowest BCUT2D eigenvalue weighted by molar-refractivity contribution is -0.141. The Morgan fingerprint density at radius 2 is 1.84 bits per heavy atom. The molecular formula is C20H26ClN7O4. The number of esters is 1. The first kappa shape index (κ1) is 24.7. The van der Waals surface area contributed by atoms with Crippen molar-refractivity contribution >= 4 is 41.1 Å². The Hall–Kier alpha value is -3.60. The molecule has 2 aromatic rings. The predicted octanol–water partition coefficient (Wildman–Crippen LogP) is 1.51. The van der Waals surface area contributed by atoms with Gasteiger partial charge < -0.3 is 26.3 Å². The fraction of sp³-hybridized carbons (Fsp3) is 0.350. The highest BCUT2D eigenvalue weighted by atomic mass is 35.5. The minimum Gasteiger partial charge on any atom is -0.493 e. The van der Waals surface area contributed by atoms with E-state index in [1.54, 1.807) is 0 Å². The van der Waals surface area contributed by atoms with Crippen LogP contribution < -0.4 is 26.8 Å². The second kappa shape index (κ2) is 12.3. The average molecular weight is 464 g/mol. The molecule has 1 amide bonds. The number of nitrogens with one attached hydrogen (secondary N) is 3. The second-order valence-corrected chi connectivity index (χ2v) is 7.02. The number of carbonyl (C=O) groups excluding carboxylic acids is 2. The number of methoxy groups -OCH3 is 1. The Bertz CT molecular complexity index is 954. The molecule has 1 aromatic carbocycles. The summed E-state index contributed by atoms with van der Waals surface area (Å²) in [5.41, 5.74) is 12.0. The number of nitrogens with two attached hydrogens (primary N) is 2. The number of halogens is 1. The molecule has 0 aliphatic rings. The quantitative estimate of drug-likeness (QED) is 0.151. The molecule has 0 aliphatic heterocycles. The van der Waals surface area contributed by atoms with Crippen molar-refractivity contribution in [2.24, 2.45) is 0 Å². The number of anilines is 2. The lowest BCUT2D eigenvalue weighted by atomic mass is 10.1. The molecule has 7 N–H and O–H groups in total. The van der Waals surface area contributed by atoms with Crippen LogP contribution in [0, 0.1) is 5.41 Å². The molecule has 11 nitrogen and oxygen atoms in total. The molecule has 1 heterocycles. The van der Waals surface area contributed by atoms with Crippen LogP contribution in [0.1, 0.15) is 35.3 Å². The Balaban J connectivity index is 1.65. The van der Waals surface area contributed by atoms with Crippen molar-refractivity contribution in [1.82, 2.24) is 20.6 Å². The van der Waals surface area contributed by atoms with Gasteiger partial charge in [-0.2, -0.15) is 0 Å². The van der Waals surface area contributed by atoms with E-state index in [0.29, 0.717) is 12.3 Å². The van der Waals surface area contributed by atoms with Crippen LogP contribution in [0.25, 0.3) is 0 Å². The normalized spacial score (nSPS) is 10.3. The van der Waals surface area contributed by atoms with Gasteiger partial charge in [-0.1, -0.05) is 23.7 Å². The van der Waals surface area contributed by atoms with Gasteiger partial charge in [-0.05, 0) is 37.0 Å². The van der Waals surface area contributed by atoms with Gasteiger partial charge in [0.2, 0.25) is 0 Å². The van der Waals surface area contributed by atoms with E-state index < -0.39 is 5.91 Å². The number of aromatic nitrogens is 2. The number of benzene rings is 1. The number of aryl methyl sites for hydroxylation is 1. The van der Waals surface area contributed by atoms with Crippen molar-refractivity contribution in [3.05, 3.63) is 40.7 Å². The number of ether oxygens (including phenoxy) is 2. The van der Waals surface area contributed by atoms with Crippen molar-refractivity contribution in [1.29, 1.82) is 5.41 Å². The number of carbonyl (C=O) groups is 2. The van der Waals surface area contributed by atoms with Gasteiger partial charge in [-0.3, -0.25) is 20.3 Å². The average Bonchev–Trinajstić information content (AvgIpc) is 2.76. The van der Waals surface area contributed by atoms with Crippen LogP contribution in [0.4, 0.5) is 11.6 Å². The highest BCUT2D eigenvalue weighted by molar-refractivity contribution is 6.31. The molecule has 12 heteroatoms. The minimum absolute atomic E-state index is 0.0744. The van der Waals surface area contributed by atoms with Gasteiger partial charge in [0.25, 0.3) is 5.91 Å². The molecule has 172 valence electrons. The zero-order valence-electron chi connectivity index (χ0n) is 17.6. The monoisotopic (exact) mass is 463 g/mol. The summed E-state index contributed by atoms with van der Waals surface area (Å²) in [6.45, 7) is 0.766. The molecule has 0 spiro atoms. The van der Waals surface area contributed by atoms with Crippen LogP contribution in [-0.2, 0) is 16.0 Å². The van der Waals surface area contributed by atoms with E-state index in [1.807, 2.05) is 24.3 Å². The van der Waals surface area contributed by atoms with Crippen molar-refractivity contribution in [3.63, 3.8) is 0 Å². The van der Waals surface area contributed by atoms with E-state index in [-0.39, 0.29) is 47.4 Å². The zero-order valence-corrected chi connectivity index (χ0v) is 18.4. The summed E-state index contributed by atoms with van der Waals surface area (Å²) in [5.74, 6) is -0.751. The predicted molar refractivity (Wildman–Crippen MR) is 121 cm³/mol. The largest absolute Gasteiger partial charge is 0.493 e. The van der Waals surface area contributed by atoms with Crippen molar-refractivity contribution in [2.45, 2.75) is 25.7 Å². The first-order valence-electron chi connectivity index (χ1n) is 9.81. The number of hydrogen-bond donors (Lipinski definition) is 5. The number of nitrogen functional groups attached to an aromatic ring is 2. The maximum absolute atomic E-state index is 12.1. The van der Waals surface area contributed by atoms with Crippen LogP contribution in [0.3, 0.4) is 0 Å². The van der Waals surface area contributed by atoms with Crippen LogP contribution in [0.15, 0.2) is 24.3 Å². The van der Waals surface area contributed by atoms with E-state index in [4.69, 9.17) is 33.2 Å². The van der Waals surface area contributed by atoms with Gasteiger partial charge >= 0.3 is 5.97 Å². The van der Waals surface area contributed by atoms with Gasteiger partial charge in [0.05, 0.1) is 20.1 Å². The van der Waals surface area contributed by atoms with Gasteiger partial charge in [0.1, 0.15) is 5.75 Å². The van der Waals surface area contributed by atoms with Crippen molar-refractivity contribution in [2.75, 3.05) is 31.7 Å². The van der Waals surface area contributed by atoms with Crippen LogP contribution in [-0.4, -0.2) is 48.1 Å². The van der Waals surface area contributed by atoms with E-state index in [9.17, 15) is 9.59 Å². The zero-order chi connectivity index (χ0) is 23.5. The standard InChI is InChI=1S/C20H26ClN7O4/c1-31-14(29)9-11-32-13-7-5-12(6-8-13)4-2-3-10-25-20(24)28-19(30)15-17(22)27-18(23)16(21)26-15/h5-8H,2-4,9-11H2,1H3,(H4,22,23,27)(H3,24,25,28,30). The number of hydrogen-bond acceptors (Lipinski definition) is 9. The van der Waals surface area contributed by atoms with Crippen molar-refractivity contribution in [3.8, 4) is 5.75 Å². The SMILES string of the molecule is COC(=O)CCOc1ccc(CCCCNC(=N)NC(=O)c2nc(Cl)c(N)nc2N)cc1. The van der Waals surface area contributed by atoms with Crippen LogP contribution in [0.5, 0.6) is 5.75 Å². The molecule has 0 saturated heterocycles. The van der Waals surface area contributed by atoms with Crippen molar-refractivity contribution < 1.29 is 19.1 Å². The molecular weight excluding hydrogens is 438 g/mol.